The lowest BCUT2D eigenvalue weighted by molar-refractivity contribution is -0.208. The van der Waals surface area contributed by atoms with Crippen molar-refractivity contribution in [3.63, 3.8) is 0 Å². The fourth-order valence-corrected chi connectivity index (χ4v) is 8.55. The molecule has 0 radical (unpaired) electrons. The normalized spacial score (nSPS) is 47.7. The summed E-state index contributed by atoms with van der Waals surface area (Å²) in [6, 6.07) is 0. The number of halogens is 3. The average Bonchev–Trinajstić information content (AvgIpc) is 3.04. The number of fused-ring (bicyclic) bond motifs is 5. The van der Waals surface area contributed by atoms with Crippen molar-refractivity contribution in [1.29, 1.82) is 0 Å². The highest BCUT2D eigenvalue weighted by molar-refractivity contribution is 5.53. The van der Waals surface area contributed by atoms with Gasteiger partial charge in [-0.15, -0.1) is 0 Å². The molecule has 0 saturated heterocycles. The van der Waals surface area contributed by atoms with Gasteiger partial charge in [0, 0.05) is 5.92 Å². The largest absolute Gasteiger partial charge is 0.391 e. The van der Waals surface area contributed by atoms with Crippen LogP contribution in [-0.2, 0) is 4.79 Å². The molecule has 0 N–H and O–H groups in total. The van der Waals surface area contributed by atoms with Gasteiger partial charge >= 0.3 is 6.18 Å². The second-order valence-corrected chi connectivity index (χ2v) is 10.9. The average molecular weight is 415 g/mol. The van der Waals surface area contributed by atoms with Crippen LogP contribution in [0.3, 0.4) is 0 Å². The number of carbonyl (C=O) groups is 1. The Balaban J connectivity index is 0.00000117. The second kappa shape index (κ2) is 8.19. The molecule has 29 heavy (non-hydrogen) atoms. The van der Waals surface area contributed by atoms with Crippen LogP contribution in [0.25, 0.3) is 0 Å². The van der Waals surface area contributed by atoms with Gasteiger partial charge < -0.3 is 4.79 Å². The molecule has 4 fully saturated rings. The summed E-state index contributed by atoms with van der Waals surface area (Å²) in [5.74, 6) is 1.71. The third-order valence-electron chi connectivity index (χ3n) is 10.1. The van der Waals surface area contributed by atoms with Crippen LogP contribution in [0.15, 0.2) is 0 Å². The first-order valence-electron chi connectivity index (χ1n) is 12.1. The zero-order chi connectivity index (χ0) is 21.6. The van der Waals surface area contributed by atoms with Gasteiger partial charge in [-0.25, -0.2) is 0 Å². The van der Waals surface area contributed by atoms with Crippen molar-refractivity contribution in [3.05, 3.63) is 0 Å². The molecular formula is C25H41F3O. The lowest BCUT2D eigenvalue weighted by Gasteiger charge is -2.61. The van der Waals surface area contributed by atoms with Crippen molar-refractivity contribution in [3.8, 4) is 0 Å². The maximum Gasteiger partial charge on any atom is 0.391 e. The summed E-state index contributed by atoms with van der Waals surface area (Å²) < 4.78 is 39.9. The zero-order valence-corrected chi connectivity index (χ0v) is 19.0. The number of aldehydes is 1. The standard InChI is InChI=1S/C23H35F3O.C2H6/c1-14(13-27)18-6-7-19-17-5-4-15-12-16(23(24,25)26)8-10-21(15,2)20(17)9-11-22(18,19)3;1-2/h13-20H,4-12H2,1-3H3;1-2H3/t14?,15?,16?,17?,18?,19?,20?,21-,22+;/m0./s1. The first kappa shape index (κ1) is 23.1. The number of carbonyl (C=O) groups excluding carboxylic acids is 1. The van der Waals surface area contributed by atoms with Gasteiger partial charge in [-0.2, -0.15) is 13.2 Å². The Labute approximate surface area is 175 Å². The van der Waals surface area contributed by atoms with Crippen molar-refractivity contribution in [2.45, 2.75) is 98.6 Å². The summed E-state index contributed by atoms with van der Waals surface area (Å²) in [6.07, 6.45) is 5.32. The maximum atomic E-state index is 13.3. The molecule has 0 aromatic rings. The highest BCUT2D eigenvalue weighted by atomic mass is 19.4. The van der Waals surface area contributed by atoms with Crippen molar-refractivity contribution in [2.75, 3.05) is 0 Å². The molecule has 0 bridgehead atoms. The summed E-state index contributed by atoms with van der Waals surface area (Å²) in [5, 5.41) is 0. The minimum absolute atomic E-state index is 0.0976. The van der Waals surface area contributed by atoms with Gasteiger partial charge in [-0.3, -0.25) is 0 Å². The summed E-state index contributed by atoms with van der Waals surface area (Å²) >= 11 is 0. The van der Waals surface area contributed by atoms with Gasteiger partial charge in [0.2, 0.25) is 0 Å². The van der Waals surface area contributed by atoms with E-state index in [1.807, 2.05) is 13.8 Å². The van der Waals surface area contributed by atoms with Crippen LogP contribution in [0.1, 0.15) is 92.4 Å². The van der Waals surface area contributed by atoms with Gasteiger partial charge in [0.1, 0.15) is 6.29 Å². The molecule has 7 unspecified atom stereocenters. The van der Waals surface area contributed by atoms with Gasteiger partial charge in [0.05, 0.1) is 5.92 Å². The summed E-state index contributed by atoms with van der Waals surface area (Å²) in [6.45, 7) is 10.8. The fourth-order valence-electron chi connectivity index (χ4n) is 8.55. The quantitative estimate of drug-likeness (QED) is 0.423. The molecule has 4 aliphatic rings. The van der Waals surface area contributed by atoms with Crippen molar-refractivity contribution >= 4 is 6.29 Å². The Morgan fingerprint density at radius 1 is 0.897 bits per heavy atom. The number of hydrogen-bond donors (Lipinski definition) is 0. The lowest BCUT2D eigenvalue weighted by atomic mass is 9.44. The molecular weight excluding hydrogens is 373 g/mol. The summed E-state index contributed by atoms with van der Waals surface area (Å²) in [4.78, 5) is 11.5. The van der Waals surface area contributed by atoms with E-state index in [0.29, 0.717) is 36.5 Å². The van der Waals surface area contributed by atoms with Gasteiger partial charge in [0.15, 0.2) is 0 Å². The molecule has 0 aromatic carbocycles. The fraction of sp³-hybridized carbons (Fsp3) is 0.960. The zero-order valence-electron chi connectivity index (χ0n) is 19.0. The second-order valence-electron chi connectivity index (χ2n) is 10.9. The van der Waals surface area contributed by atoms with Crippen LogP contribution in [0.2, 0.25) is 0 Å². The first-order chi connectivity index (χ1) is 13.6. The first-order valence-corrected chi connectivity index (χ1v) is 12.1. The van der Waals surface area contributed by atoms with Crippen molar-refractivity contribution in [2.24, 2.45) is 52.3 Å². The van der Waals surface area contributed by atoms with Gasteiger partial charge in [-0.05, 0) is 98.2 Å². The van der Waals surface area contributed by atoms with E-state index in [1.54, 1.807) is 0 Å². The van der Waals surface area contributed by atoms with E-state index < -0.39 is 12.1 Å². The SMILES string of the molecule is CC.CC(C=O)C1CCC2C3CCC4CC(C(F)(F)F)CC[C@]4(C)C3CC[C@]12C. The predicted octanol–water partition coefficient (Wildman–Crippen LogP) is 7.69. The molecule has 0 aliphatic heterocycles. The van der Waals surface area contributed by atoms with E-state index in [4.69, 9.17) is 0 Å². The van der Waals surface area contributed by atoms with E-state index in [2.05, 4.69) is 20.8 Å². The Morgan fingerprint density at radius 2 is 1.52 bits per heavy atom. The molecule has 0 amide bonds. The Morgan fingerprint density at radius 3 is 2.14 bits per heavy atom. The topological polar surface area (TPSA) is 17.1 Å². The molecule has 4 heteroatoms. The van der Waals surface area contributed by atoms with E-state index in [0.717, 1.165) is 44.8 Å². The highest BCUT2D eigenvalue weighted by Gasteiger charge is 2.61. The van der Waals surface area contributed by atoms with Gasteiger partial charge in [-0.1, -0.05) is 34.6 Å². The third kappa shape index (κ3) is 3.69. The van der Waals surface area contributed by atoms with Crippen LogP contribution >= 0.6 is 0 Å². The van der Waals surface area contributed by atoms with E-state index in [-0.39, 0.29) is 22.7 Å². The van der Waals surface area contributed by atoms with Gasteiger partial charge in [0.25, 0.3) is 0 Å². The Hall–Kier alpha value is -0.540. The Kier molecular flexibility index (Phi) is 6.53. The van der Waals surface area contributed by atoms with Crippen molar-refractivity contribution in [1.82, 2.24) is 0 Å². The van der Waals surface area contributed by atoms with Crippen LogP contribution in [0.5, 0.6) is 0 Å². The molecule has 1 nitrogen and oxygen atoms in total. The lowest BCUT2D eigenvalue weighted by Crippen LogP contribution is -2.54. The monoisotopic (exact) mass is 414 g/mol. The molecule has 4 saturated carbocycles. The van der Waals surface area contributed by atoms with E-state index in [9.17, 15) is 18.0 Å². The molecule has 4 rings (SSSR count). The highest BCUT2D eigenvalue weighted by Crippen LogP contribution is 2.68. The maximum absolute atomic E-state index is 13.3. The molecule has 0 heterocycles. The molecule has 9 atom stereocenters. The summed E-state index contributed by atoms with van der Waals surface area (Å²) in [7, 11) is 0. The van der Waals surface area contributed by atoms with E-state index in [1.165, 1.54) is 6.42 Å². The third-order valence-corrected chi connectivity index (χ3v) is 10.1. The molecule has 0 aromatic heterocycles. The van der Waals surface area contributed by atoms with Crippen molar-refractivity contribution < 1.29 is 18.0 Å². The smallest absolute Gasteiger partial charge is 0.303 e. The summed E-state index contributed by atoms with van der Waals surface area (Å²) in [5.41, 5.74) is 0.355. The minimum atomic E-state index is -4.02. The molecule has 4 aliphatic carbocycles. The predicted molar refractivity (Wildman–Crippen MR) is 111 cm³/mol. The van der Waals surface area contributed by atoms with Crippen LogP contribution in [0, 0.1) is 52.3 Å². The Bertz CT molecular complexity index is 587. The number of rotatable bonds is 2. The van der Waals surface area contributed by atoms with Crippen LogP contribution < -0.4 is 0 Å². The van der Waals surface area contributed by atoms with Crippen LogP contribution in [-0.4, -0.2) is 12.5 Å². The van der Waals surface area contributed by atoms with E-state index >= 15 is 0 Å². The minimum Gasteiger partial charge on any atom is -0.303 e. The molecule has 0 spiro atoms. The van der Waals surface area contributed by atoms with Crippen LogP contribution in [0.4, 0.5) is 13.2 Å². The number of alkyl halides is 3. The molecule has 168 valence electrons. The number of hydrogen-bond acceptors (Lipinski definition) is 1.